The van der Waals surface area contributed by atoms with E-state index in [1.165, 1.54) is 0 Å². The highest BCUT2D eigenvalue weighted by Gasteiger charge is 2.40. The van der Waals surface area contributed by atoms with Crippen LogP contribution in [0.25, 0.3) is 0 Å². The first-order valence-electron chi connectivity index (χ1n) is 4.22. The van der Waals surface area contributed by atoms with E-state index in [1.54, 1.807) is 0 Å². The molecular formula is C9H10BrClF3NO2. The van der Waals surface area contributed by atoms with E-state index in [4.69, 9.17) is 10.8 Å². The molecule has 3 nitrogen and oxygen atoms in total. The number of aliphatic hydroxyl groups excluding tert-OH is 1. The minimum atomic E-state index is -3.71. The molecule has 4 N–H and O–H groups in total. The summed E-state index contributed by atoms with van der Waals surface area (Å²) in [4.78, 5) is 0. The summed E-state index contributed by atoms with van der Waals surface area (Å²) in [7, 11) is 0. The molecule has 0 aliphatic carbocycles. The topological polar surface area (TPSA) is 66.5 Å². The summed E-state index contributed by atoms with van der Waals surface area (Å²) in [5, 5.41) is 17.9. The van der Waals surface area contributed by atoms with Crippen LogP contribution in [0.5, 0.6) is 5.75 Å². The second-order valence-electron chi connectivity index (χ2n) is 3.19. The van der Waals surface area contributed by atoms with Crippen LogP contribution in [0.2, 0.25) is 0 Å². The highest BCUT2D eigenvalue weighted by molar-refractivity contribution is 9.10. The van der Waals surface area contributed by atoms with E-state index >= 15 is 0 Å². The maximum Gasteiger partial charge on any atom is 0.289 e. The van der Waals surface area contributed by atoms with E-state index < -0.39 is 35.7 Å². The number of rotatable bonds is 3. The average molecular weight is 337 g/mol. The first-order valence-corrected chi connectivity index (χ1v) is 5.01. The van der Waals surface area contributed by atoms with Crippen molar-refractivity contribution in [2.24, 2.45) is 5.73 Å². The van der Waals surface area contributed by atoms with Gasteiger partial charge in [-0.3, -0.25) is 0 Å². The number of halogens is 5. The van der Waals surface area contributed by atoms with Crippen LogP contribution in [-0.4, -0.2) is 22.7 Å². The quantitative estimate of drug-likeness (QED) is 0.794. The lowest BCUT2D eigenvalue weighted by Crippen LogP contribution is -2.36. The van der Waals surface area contributed by atoms with Crippen molar-refractivity contribution >= 4 is 28.3 Å². The van der Waals surface area contributed by atoms with Gasteiger partial charge < -0.3 is 15.9 Å². The van der Waals surface area contributed by atoms with Crippen molar-refractivity contribution < 1.29 is 23.4 Å². The van der Waals surface area contributed by atoms with Crippen molar-refractivity contribution in [2.45, 2.75) is 12.0 Å². The van der Waals surface area contributed by atoms with Crippen LogP contribution in [0.4, 0.5) is 13.2 Å². The summed E-state index contributed by atoms with van der Waals surface area (Å²) in [5.74, 6) is -5.46. The average Bonchev–Trinajstić information content (AvgIpc) is 2.24. The fourth-order valence-corrected chi connectivity index (χ4v) is 1.51. The maximum absolute atomic E-state index is 13.3. The van der Waals surface area contributed by atoms with Gasteiger partial charge in [0.1, 0.15) is 24.2 Å². The van der Waals surface area contributed by atoms with Gasteiger partial charge in [0.15, 0.2) is 0 Å². The molecule has 0 spiro atoms. The van der Waals surface area contributed by atoms with Gasteiger partial charge in [-0.2, -0.15) is 0 Å². The molecule has 1 rings (SSSR count). The van der Waals surface area contributed by atoms with E-state index in [9.17, 15) is 18.3 Å². The Bertz CT molecular complexity index is 406. The monoisotopic (exact) mass is 335 g/mol. The number of aliphatic hydroxyl groups is 1. The van der Waals surface area contributed by atoms with Gasteiger partial charge in [0.05, 0.1) is 10.0 Å². The maximum atomic E-state index is 13.3. The van der Waals surface area contributed by atoms with Crippen LogP contribution < -0.4 is 5.73 Å². The molecule has 0 saturated heterocycles. The third kappa shape index (κ3) is 3.25. The summed E-state index contributed by atoms with van der Waals surface area (Å²) in [6.45, 7) is -1.53. The Morgan fingerprint density at radius 1 is 1.41 bits per heavy atom. The molecule has 1 atom stereocenters. The predicted octanol–water partition coefficient (Wildman–Crippen LogP) is 2.34. The molecule has 0 aliphatic rings. The Morgan fingerprint density at radius 2 is 1.94 bits per heavy atom. The zero-order valence-corrected chi connectivity index (χ0v) is 10.7. The second-order valence-corrected chi connectivity index (χ2v) is 4.04. The van der Waals surface area contributed by atoms with E-state index in [-0.39, 0.29) is 16.9 Å². The molecule has 0 amide bonds. The first kappa shape index (κ1) is 16.5. The summed E-state index contributed by atoms with van der Waals surface area (Å²) >= 11 is 2.86. The smallest absolute Gasteiger partial charge is 0.289 e. The SMILES string of the molecule is Cl.N[C@@H](c1c(F)ccc(Br)c1O)C(F)(F)CO. The second kappa shape index (κ2) is 5.90. The number of hydrogen-bond donors (Lipinski definition) is 3. The molecule has 0 radical (unpaired) electrons. The summed E-state index contributed by atoms with van der Waals surface area (Å²) < 4.78 is 39.4. The molecule has 98 valence electrons. The van der Waals surface area contributed by atoms with Crippen molar-refractivity contribution in [3.05, 3.63) is 28.0 Å². The normalized spacial score (nSPS) is 13.1. The molecule has 0 fully saturated rings. The van der Waals surface area contributed by atoms with Crippen LogP contribution in [-0.2, 0) is 0 Å². The number of nitrogens with two attached hydrogens (primary N) is 1. The van der Waals surface area contributed by atoms with Crippen molar-refractivity contribution in [3.63, 3.8) is 0 Å². The third-order valence-corrected chi connectivity index (χ3v) is 2.73. The van der Waals surface area contributed by atoms with E-state index in [1.807, 2.05) is 0 Å². The number of aromatic hydroxyl groups is 1. The highest BCUT2D eigenvalue weighted by Crippen LogP contribution is 2.38. The van der Waals surface area contributed by atoms with Gasteiger partial charge in [-0.1, -0.05) is 0 Å². The van der Waals surface area contributed by atoms with Crippen molar-refractivity contribution in [1.82, 2.24) is 0 Å². The summed E-state index contributed by atoms with van der Waals surface area (Å²) in [6, 6.07) is -0.0558. The third-order valence-electron chi connectivity index (χ3n) is 2.09. The molecule has 0 unspecified atom stereocenters. The van der Waals surface area contributed by atoms with Gasteiger partial charge >= 0.3 is 0 Å². The van der Waals surface area contributed by atoms with E-state index in [0.717, 1.165) is 12.1 Å². The fourth-order valence-electron chi connectivity index (χ4n) is 1.16. The van der Waals surface area contributed by atoms with E-state index in [0.29, 0.717) is 0 Å². The number of phenols is 1. The molecule has 8 heteroatoms. The molecule has 0 heterocycles. The lowest BCUT2D eigenvalue weighted by Gasteiger charge is -2.23. The number of benzene rings is 1. The summed E-state index contributed by atoms with van der Waals surface area (Å²) in [6.07, 6.45) is 0. The van der Waals surface area contributed by atoms with Gasteiger partial charge in [-0.15, -0.1) is 12.4 Å². The van der Waals surface area contributed by atoms with Crippen molar-refractivity contribution in [2.75, 3.05) is 6.61 Å². The van der Waals surface area contributed by atoms with Gasteiger partial charge in [-0.25, -0.2) is 13.2 Å². The van der Waals surface area contributed by atoms with E-state index in [2.05, 4.69) is 15.9 Å². The molecule has 0 aliphatic heterocycles. The largest absolute Gasteiger partial charge is 0.506 e. The van der Waals surface area contributed by atoms with Gasteiger partial charge in [0, 0.05) is 0 Å². The van der Waals surface area contributed by atoms with Crippen molar-refractivity contribution in [3.8, 4) is 5.75 Å². The van der Waals surface area contributed by atoms with Crippen LogP contribution in [0.3, 0.4) is 0 Å². The van der Waals surface area contributed by atoms with Gasteiger partial charge in [0.25, 0.3) is 5.92 Å². The zero-order chi connectivity index (χ0) is 12.5. The van der Waals surface area contributed by atoms with Crippen LogP contribution >= 0.6 is 28.3 Å². The molecule has 17 heavy (non-hydrogen) atoms. The molecule has 1 aromatic carbocycles. The molecular weight excluding hydrogens is 326 g/mol. The molecule has 0 aromatic heterocycles. The Hall–Kier alpha value is -0.500. The number of phenolic OH excluding ortho intramolecular Hbond substituents is 1. The minimum Gasteiger partial charge on any atom is -0.506 e. The standard InChI is InChI=1S/C9H9BrF3NO2.ClH/c10-4-1-2-5(11)6(7(4)16)8(14)9(12,13)3-15;/h1-2,8,15-16H,3,14H2;1H/t8-;/m0./s1. The highest BCUT2D eigenvalue weighted by atomic mass is 79.9. The predicted molar refractivity (Wildman–Crippen MR) is 62.0 cm³/mol. The van der Waals surface area contributed by atoms with Gasteiger partial charge in [-0.05, 0) is 28.1 Å². The lowest BCUT2D eigenvalue weighted by molar-refractivity contribution is -0.0723. The van der Waals surface area contributed by atoms with Crippen LogP contribution in [0.15, 0.2) is 16.6 Å². The molecule has 1 aromatic rings. The fraction of sp³-hybridized carbons (Fsp3) is 0.333. The summed E-state index contributed by atoms with van der Waals surface area (Å²) in [5.41, 5.74) is 4.39. The lowest BCUT2D eigenvalue weighted by atomic mass is 10.0. The Morgan fingerprint density at radius 3 is 2.41 bits per heavy atom. The first-order chi connectivity index (χ1) is 7.31. The molecule has 0 saturated carbocycles. The Kier molecular flexibility index (Phi) is 5.73. The van der Waals surface area contributed by atoms with Gasteiger partial charge in [0.2, 0.25) is 0 Å². The number of hydrogen-bond acceptors (Lipinski definition) is 3. The molecule has 0 bridgehead atoms. The minimum absolute atomic E-state index is 0. The van der Waals surface area contributed by atoms with Crippen LogP contribution in [0.1, 0.15) is 11.6 Å². The van der Waals surface area contributed by atoms with Crippen molar-refractivity contribution in [1.29, 1.82) is 0 Å². The Labute approximate surface area is 110 Å². The zero-order valence-electron chi connectivity index (χ0n) is 8.33. The van der Waals surface area contributed by atoms with Crippen LogP contribution in [0, 0.1) is 5.82 Å². The Balaban J connectivity index is 0.00000256. The number of alkyl halides is 2.